The third-order valence-electron chi connectivity index (χ3n) is 4.14. The summed E-state index contributed by atoms with van der Waals surface area (Å²) in [5, 5.41) is 3.39. The molecule has 0 radical (unpaired) electrons. The number of hydrogen-bond donors (Lipinski definition) is 1. The number of piperazine rings is 1. The SMILES string of the molecule is Cc1ccc(OC/C=C/c2ccc(CN3CCNCC3)cc2)cn1.Cl.Cl. The van der Waals surface area contributed by atoms with Crippen molar-refractivity contribution in [3.05, 3.63) is 65.5 Å². The highest BCUT2D eigenvalue weighted by Gasteiger charge is 2.09. The minimum Gasteiger partial charge on any atom is -0.488 e. The van der Waals surface area contributed by atoms with Crippen LogP contribution in [0, 0.1) is 6.92 Å². The largest absolute Gasteiger partial charge is 0.488 e. The Bertz CT molecular complexity index is 654. The van der Waals surface area contributed by atoms with Gasteiger partial charge in [-0.15, -0.1) is 24.8 Å². The Kier molecular flexibility index (Phi) is 10.3. The number of pyridine rings is 1. The quantitative estimate of drug-likeness (QED) is 0.808. The maximum Gasteiger partial charge on any atom is 0.138 e. The van der Waals surface area contributed by atoms with E-state index in [9.17, 15) is 0 Å². The first-order valence-corrected chi connectivity index (χ1v) is 8.53. The molecule has 0 spiro atoms. The Morgan fingerprint density at radius 3 is 2.46 bits per heavy atom. The van der Waals surface area contributed by atoms with Crippen molar-refractivity contribution < 1.29 is 4.74 Å². The van der Waals surface area contributed by atoms with E-state index in [-0.39, 0.29) is 24.8 Å². The minimum atomic E-state index is 0. The smallest absolute Gasteiger partial charge is 0.138 e. The molecule has 0 unspecified atom stereocenters. The minimum absolute atomic E-state index is 0. The van der Waals surface area contributed by atoms with Crippen LogP contribution in [0.2, 0.25) is 0 Å². The summed E-state index contributed by atoms with van der Waals surface area (Å²) in [6, 6.07) is 12.7. The van der Waals surface area contributed by atoms with E-state index in [2.05, 4.69) is 45.5 Å². The van der Waals surface area contributed by atoms with Gasteiger partial charge in [0.15, 0.2) is 0 Å². The number of aromatic nitrogens is 1. The van der Waals surface area contributed by atoms with Crippen LogP contribution >= 0.6 is 24.8 Å². The third kappa shape index (κ3) is 7.34. The van der Waals surface area contributed by atoms with Crippen molar-refractivity contribution in [3.8, 4) is 5.75 Å². The van der Waals surface area contributed by atoms with Crippen molar-refractivity contribution in [2.45, 2.75) is 13.5 Å². The maximum atomic E-state index is 5.65. The van der Waals surface area contributed by atoms with Crippen molar-refractivity contribution in [1.82, 2.24) is 15.2 Å². The monoisotopic (exact) mass is 395 g/mol. The Balaban J connectivity index is 0.00000169. The van der Waals surface area contributed by atoms with Crippen molar-refractivity contribution >= 4 is 30.9 Å². The fourth-order valence-corrected chi connectivity index (χ4v) is 2.73. The van der Waals surface area contributed by atoms with E-state index in [0.29, 0.717) is 6.61 Å². The fourth-order valence-electron chi connectivity index (χ4n) is 2.73. The van der Waals surface area contributed by atoms with Crippen molar-refractivity contribution in [2.75, 3.05) is 32.8 Å². The molecular formula is C20H27Cl2N3O. The molecule has 1 N–H and O–H groups in total. The van der Waals surface area contributed by atoms with Crippen LogP contribution in [-0.4, -0.2) is 42.7 Å². The first-order chi connectivity index (χ1) is 11.8. The molecule has 1 saturated heterocycles. The van der Waals surface area contributed by atoms with Crippen LogP contribution in [0.3, 0.4) is 0 Å². The first-order valence-electron chi connectivity index (χ1n) is 8.53. The van der Waals surface area contributed by atoms with Crippen LogP contribution in [0.4, 0.5) is 0 Å². The molecule has 142 valence electrons. The topological polar surface area (TPSA) is 37.4 Å². The first kappa shape index (κ1) is 22.5. The van der Waals surface area contributed by atoms with Crippen LogP contribution in [0.25, 0.3) is 6.08 Å². The van der Waals surface area contributed by atoms with Gasteiger partial charge in [-0.25, -0.2) is 0 Å². The number of nitrogens with zero attached hydrogens (tertiary/aromatic N) is 2. The summed E-state index contributed by atoms with van der Waals surface area (Å²) in [5.74, 6) is 0.802. The van der Waals surface area contributed by atoms with Gasteiger partial charge in [0, 0.05) is 38.4 Å². The summed E-state index contributed by atoms with van der Waals surface area (Å²) in [6.07, 6.45) is 5.88. The summed E-state index contributed by atoms with van der Waals surface area (Å²) < 4.78 is 5.65. The lowest BCUT2D eigenvalue weighted by Gasteiger charge is -2.27. The number of halogens is 2. The molecule has 1 fully saturated rings. The molecule has 6 heteroatoms. The molecule has 26 heavy (non-hydrogen) atoms. The standard InChI is InChI=1S/C20H25N3O.2ClH/c1-17-4-9-20(15-22-17)24-14-2-3-18-5-7-19(8-6-18)16-23-12-10-21-11-13-23;;/h2-9,15,21H,10-14,16H2,1H3;2*1H/b3-2+;;. The van der Waals surface area contributed by atoms with E-state index in [4.69, 9.17) is 4.74 Å². The number of rotatable bonds is 6. The average molecular weight is 396 g/mol. The predicted octanol–water partition coefficient (Wildman–Crippen LogP) is 3.73. The molecule has 4 nitrogen and oxygen atoms in total. The summed E-state index contributed by atoms with van der Waals surface area (Å²) in [4.78, 5) is 6.71. The molecule has 1 aromatic carbocycles. The lowest BCUT2D eigenvalue weighted by Crippen LogP contribution is -2.42. The molecule has 1 aromatic heterocycles. The van der Waals surface area contributed by atoms with E-state index in [1.54, 1.807) is 6.20 Å². The molecular weight excluding hydrogens is 369 g/mol. The molecule has 0 bridgehead atoms. The molecule has 1 aliphatic heterocycles. The van der Waals surface area contributed by atoms with Gasteiger partial charge in [0.05, 0.1) is 6.20 Å². The lowest BCUT2D eigenvalue weighted by molar-refractivity contribution is 0.233. The summed E-state index contributed by atoms with van der Waals surface area (Å²) in [5.41, 5.74) is 3.57. The summed E-state index contributed by atoms with van der Waals surface area (Å²) >= 11 is 0. The van der Waals surface area contributed by atoms with Crippen LogP contribution in [-0.2, 0) is 6.54 Å². The predicted molar refractivity (Wildman–Crippen MR) is 113 cm³/mol. The van der Waals surface area contributed by atoms with Crippen LogP contribution < -0.4 is 10.1 Å². The second kappa shape index (κ2) is 11.9. The zero-order chi connectivity index (χ0) is 16.6. The highest BCUT2D eigenvalue weighted by atomic mass is 35.5. The Morgan fingerprint density at radius 2 is 1.81 bits per heavy atom. The van der Waals surface area contributed by atoms with Gasteiger partial charge >= 0.3 is 0 Å². The number of hydrogen-bond acceptors (Lipinski definition) is 4. The molecule has 0 aliphatic carbocycles. The zero-order valence-corrected chi connectivity index (χ0v) is 16.7. The molecule has 0 saturated carbocycles. The van der Waals surface area contributed by atoms with E-state index >= 15 is 0 Å². The highest BCUT2D eigenvalue weighted by molar-refractivity contribution is 5.85. The second-order valence-corrected chi connectivity index (χ2v) is 6.12. The molecule has 0 amide bonds. The van der Waals surface area contributed by atoms with E-state index in [1.807, 2.05) is 25.1 Å². The highest BCUT2D eigenvalue weighted by Crippen LogP contribution is 2.11. The van der Waals surface area contributed by atoms with Crippen molar-refractivity contribution in [2.24, 2.45) is 0 Å². The number of benzene rings is 1. The van der Waals surface area contributed by atoms with Crippen LogP contribution in [0.15, 0.2) is 48.7 Å². The Labute approximate surface area is 168 Å². The molecule has 2 aromatic rings. The van der Waals surface area contributed by atoms with Gasteiger partial charge in [-0.1, -0.05) is 30.3 Å². The summed E-state index contributed by atoms with van der Waals surface area (Å²) in [6.45, 7) is 8.01. The number of ether oxygens (including phenoxy) is 1. The van der Waals surface area contributed by atoms with Crippen LogP contribution in [0.5, 0.6) is 5.75 Å². The number of aryl methyl sites for hydroxylation is 1. The average Bonchev–Trinajstić information content (AvgIpc) is 2.62. The molecule has 2 heterocycles. The Hall–Kier alpha value is -1.59. The normalized spacial score (nSPS) is 14.5. The van der Waals surface area contributed by atoms with Gasteiger partial charge in [-0.2, -0.15) is 0 Å². The Morgan fingerprint density at radius 1 is 1.08 bits per heavy atom. The maximum absolute atomic E-state index is 5.65. The fraction of sp³-hybridized carbons (Fsp3) is 0.350. The molecule has 0 atom stereocenters. The number of nitrogens with one attached hydrogen (secondary N) is 1. The van der Waals surface area contributed by atoms with Gasteiger partial charge in [-0.3, -0.25) is 9.88 Å². The van der Waals surface area contributed by atoms with Gasteiger partial charge in [0.25, 0.3) is 0 Å². The molecule has 1 aliphatic rings. The van der Waals surface area contributed by atoms with Crippen LogP contribution in [0.1, 0.15) is 16.8 Å². The molecule has 3 rings (SSSR count). The van der Waals surface area contributed by atoms with E-state index in [0.717, 1.165) is 44.2 Å². The van der Waals surface area contributed by atoms with Gasteiger partial charge < -0.3 is 10.1 Å². The van der Waals surface area contributed by atoms with E-state index in [1.165, 1.54) is 11.1 Å². The second-order valence-electron chi connectivity index (χ2n) is 6.12. The zero-order valence-electron chi connectivity index (χ0n) is 15.1. The summed E-state index contributed by atoms with van der Waals surface area (Å²) in [7, 11) is 0. The van der Waals surface area contributed by atoms with Gasteiger partial charge in [0.2, 0.25) is 0 Å². The van der Waals surface area contributed by atoms with Crippen molar-refractivity contribution in [3.63, 3.8) is 0 Å². The van der Waals surface area contributed by atoms with Gasteiger partial charge in [0.1, 0.15) is 12.4 Å². The third-order valence-corrected chi connectivity index (χ3v) is 4.14. The van der Waals surface area contributed by atoms with Gasteiger partial charge in [-0.05, 0) is 36.3 Å². The lowest BCUT2D eigenvalue weighted by atomic mass is 10.1. The van der Waals surface area contributed by atoms with E-state index < -0.39 is 0 Å². The van der Waals surface area contributed by atoms with Crippen molar-refractivity contribution in [1.29, 1.82) is 0 Å².